The third-order valence-electron chi connectivity index (χ3n) is 8.80. The van der Waals surface area contributed by atoms with Gasteiger partial charge in [-0.1, -0.05) is 140 Å². The molecule has 296 valence electrons. The maximum Gasteiger partial charge on any atom is 0.305 e. The van der Waals surface area contributed by atoms with E-state index in [4.69, 9.17) is 37.6 Å². The Hall–Kier alpha value is -2.15. The predicted molar refractivity (Wildman–Crippen MR) is 211 cm³/mol. The molecule has 2 rings (SSSR count). The summed E-state index contributed by atoms with van der Waals surface area (Å²) in [5.74, 6) is -0.133. The second-order valence-corrected chi connectivity index (χ2v) is 18.3. The SMILES string of the molecule is CCCCCCCCCCCC(=O)OCCOCCOCCOCCOCCOCCOCCO[Si](c1ccccc1)(c1ccccc1)C(C)(C)C. The van der Waals surface area contributed by atoms with Gasteiger partial charge in [-0.15, -0.1) is 0 Å². The minimum absolute atomic E-state index is 0.0558. The van der Waals surface area contributed by atoms with Crippen LogP contribution in [0.1, 0.15) is 91.9 Å². The molecule has 0 bridgehead atoms. The van der Waals surface area contributed by atoms with Gasteiger partial charge in [0, 0.05) is 6.42 Å². The van der Waals surface area contributed by atoms with E-state index in [-0.39, 0.29) is 17.6 Å². The number of esters is 1. The quantitative estimate of drug-likeness (QED) is 0.0422. The lowest BCUT2D eigenvalue weighted by Gasteiger charge is -2.43. The molecule has 10 heteroatoms. The van der Waals surface area contributed by atoms with E-state index in [0.717, 1.165) is 12.8 Å². The summed E-state index contributed by atoms with van der Waals surface area (Å²) in [4.78, 5) is 11.8. The highest BCUT2D eigenvalue weighted by atomic mass is 28.4. The first-order valence-corrected chi connectivity index (χ1v) is 21.7. The largest absolute Gasteiger partial charge is 0.463 e. The highest BCUT2D eigenvalue weighted by Crippen LogP contribution is 2.36. The Labute approximate surface area is 316 Å². The zero-order valence-corrected chi connectivity index (χ0v) is 33.9. The average Bonchev–Trinajstić information content (AvgIpc) is 3.14. The van der Waals surface area contributed by atoms with Crippen molar-refractivity contribution in [2.45, 2.75) is 96.9 Å². The Balaban J connectivity index is 1.35. The molecule has 0 saturated heterocycles. The lowest BCUT2D eigenvalue weighted by molar-refractivity contribution is -0.145. The van der Waals surface area contributed by atoms with Crippen molar-refractivity contribution in [1.29, 1.82) is 0 Å². The first kappa shape index (κ1) is 46.0. The Morgan fingerprint density at radius 3 is 1.21 bits per heavy atom. The van der Waals surface area contributed by atoms with Crippen LogP contribution in [-0.4, -0.2) is 107 Å². The Bertz CT molecular complexity index is 1060. The molecule has 0 fully saturated rings. The topological polar surface area (TPSA) is 90.9 Å². The molecule has 0 spiro atoms. The van der Waals surface area contributed by atoms with Gasteiger partial charge in [-0.3, -0.25) is 4.79 Å². The molecule has 0 aromatic heterocycles. The van der Waals surface area contributed by atoms with E-state index in [9.17, 15) is 4.79 Å². The second kappa shape index (κ2) is 30.2. The molecule has 0 radical (unpaired) electrons. The van der Waals surface area contributed by atoms with E-state index in [1.807, 2.05) is 0 Å². The van der Waals surface area contributed by atoms with Crippen molar-refractivity contribution in [3.63, 3.8) is 0 Å². The monoisotopic (exact) mass is 746 g/mol. The van der Waals surface area contributed by atoms with E-state index in [2.05, 4.69) is 88.4 Å². The van der Waals surface area contributed by atoms with Crippen LogP contribution in [-0.2, 0) is 42.4 Å². The molecule has 0 aliphatic rings. The van der Waals surface area contributed by atoms with E-state index >= 15 is 0 Å². The normalized spacial score (nSPS) is 12.0. The fourth-order valence-electron chi connectivity index (χ4n) is 6.08. The van der Waals surface area contributed by atoms with Crippen LogP contribution in [0.5, 0.6) is 0 Å². The Morgan fingerprint density at radius 2 is 0.827 bits per heavy atom. The number of hydrogen-bond donors (Lipinski definition) is 0. The molecular weight excluding hydrogens is 677 g/mol. The number of rotatable bonds is 34. The van der Waals surface area contributed by atoms with Gasteiger partial charge in [0.15, 0.2) is 0 Å². The fourth-order valence-corrected chi connectivity index (χ4v) is 10.6. The van der Waals surface area contributed by atoms with Crippen molar-refractivity contribution in [2.24, 2.45) is 0 Å². The highest BCUT2D eigenvalue weighted by molar-refractivity contribution is 6.99. The molecule has 0 unspecified atom stereocenters. The average molecular weight is 747 g/mol. The van der Waals surface area contributed by atoms with Gasteiger partial charge >= 0.3 is 5.97 Å². The number of unbranched alkanes of at least 4 members (excludes halogenated alkanes) is 8. The van der Waals surface area contributed by atoms with Crippen molar-refractivity contribution in [2.75, 3.05) is 92.5 Å². The summed E-state index contributed by atoms with van der Waals surface area (Å²) in [6.45, 7) is 15.7. The fraction of sp³-hybridized carbons (Fsp3) is 0.690. The van der Waals surface area contributed by atoms with Crippen LogP contribution in [0, 0.1) is 0 Å². The van der Waals surface area contributed by atoms with E-state index in [1.165, 1.54) is 55.3 Å². The van der Waals surface area contributed by atoms with Crippen LogP contribution >= 0.6 is 0 Å². The standard InChI is InChI=1S/C42H70O9Si/c1-5-6-7-8-9-10-11-12-19-24-41(43)50-37-35-48-33-31-46-29-27-44-25-26-45-28-30-47-32-34-49-36-38-51-52(42(2,3)4,39-20-15-13-16-21-39)40-22-17-14-18-23-40/h13-18,20-23H,5-12,19,24-38H2,1-4H3. The van der Waals surface area contributed by atoms with Gasteiger partial charge in [0.05, 0.1) is 85.9 Å². The van der Waals surface area contributed by atoms with Crippen LogP contribution < -0.4 is 10.4 Å². The molecule has 0 atom stereocenters. The second-order valence-electron chi connectivity index (χ2n) is 14.0. The first-order chi connectivity index (χ1) is 25.4. The summed E-state index contributed by atoms with van der Waals surface area (Å²) in [6.07, 6.45) is 11.6. The molecule has 9 nitrogen and oxygen atoms in total. The van der Waals surface area contributed by atoms with E-state index in [1.54, 1.807) is 0 Å². The molecule has 0 amide bonds. The predicted octanol–water partition coefficient (Wildman–Crippen LogP) is 7.13. The third-order valence-corrected chi connectivity index (χ3v) is 13.8. The minimum atomic E-state index is -2.54. The maximum absolute atomic E-state index is 11.8. The minimum Gasteiger partial charge on any atom is -0.463 e. The van der Waals surface area contributed by atoms with Gasteiger partial charge in [0.2, 0.25) is 0 Å². The third kappa shape index (κ3) is 20.3. The zero-order chi connectivity index (χ0) is 37.4. The van der Waals surface area contributed by atoms with Crippen molar-refractivity contribution in [3.05, 3.63) is 60.7 Å². The van der Waals surface area contributed by atoms with Crippen molar-refractivity contribution >= 4 is 24.7 Å². The van der Waals surface area contributed by atoms with Gasteiger partial charge in [0.1, 0.15) is 6.61 Å². The summed E-state index contributed by atoms with van der Waals surface area (Å²) in [7, 11) is -2.54. The summed E-state index contributed by atoms with van der Waals surface area (Å²) >= 11 is 0. The summed E-state index contributed by atoms with van der Waals surface area (Å²) < 4.78 is 45.7. The van der Waals surface area contributed by atoms with Gasteiger partial charge in [-0.25, -0.2) is 0 Å². The van der Waals surface area contributed by atoms with Crippen LogP contribution in [0.4, 0.5) is 0 Å². The van der Waals surface area contributed by atoms with Crippen LogP contribution in [0.3, 0.4) is 0 Å². The van der Waals surface area contributed by atoms with Gasteiger partial charge in [-0.2, -0.15) is 0 Å². The van der Waals surface area contributed by atoms with E-state index < -0.39 is 8.32 Å². The van der Waals surface area contributed by atoms with Crippen molar-refractivity contribution in [3.8, 4) is 0 Å². The zero-order valence-electron chi connectivity index (χ0n) is 32.9. The smallest absolute Gasteiger partial charge is 0.305 e. The number of ether oxygens (including phenoxy) is 7. The van der Waals surface area contributed by atoms with Gasteiger partial charge in [-0.05, 0) is 21.8 Å². The number of carbonyl (C=O) groups excluding carboxylic acids is 1. The Kier molecular flexibility index (Phi) is 26.7. The lowest BCUT2D eigenvalue weighted by atomic mass is 10.1. The molecule has 52 heavy (non-hydrogen) atoms. The number of carbonyl (C=O) groups is 1. The molecule has 2 aromatic carbocycles. The number of benzene rings is 2. The van der Waals surface area contributed by atoms with Gasteiger partial charge < -0.3 is 37.6 Å². The molecule has 0 aliphatic carbocycles. The molecule has 0 saturated carbocycles. The summed E-state index contributed by atoms with van der Waals surface area (Å²) in [5, 5.41) is 2.48. The Morgan fingerprint density at radius 1 is 0.481 bits per heavy atom. The molecular formula is C42H70O9Si. The lowest BCUT2D eigenvalue weighted by Crippen LogP contribution is -2.66. The number of hydrogen-bond acceptors (Lipinski definition) is 9. The van der Waals surface area contributed by atoms with Crippen LogP contribution in [0.15, 0.2) is 60.7 Å². The highest BCUT2D eigenvalue weighted by Gasteiger charge is 2.50. The summed E-state index contributed by atoms with van der Waals surface area (Å²) in [5.41, 5.74) is 0. The molecule has 2 aromatic rings. The molecule has 0 heterocycles. The molecule has 0 N–H and O–H groups in total. The van der Waals surface area contributed by atoms with Crippen LogP contribution in [0.25, 0.3) is 0 Å². The van der Waals surface area contributed by atoms with Crippen LogP contribution in [0.2, 0.25) is 5.04 Å². The van der Waals surface area contributed by atoms with E-state index in [0.29, 0.717) is 92.3 Å². The van der Waals surface area contributed by atoms with Crippen molar-refractivity contribution < 1.29 is 42.4 Å². The first-order valence-electron chi connectivity index (χ1n) is 19.8. The maximum atomic E-state index is 11.8. The van der Waals surface area contributed by atoms with Crippen molar-refractivity contribution in [1.82, 2.24) is 0 Å². The van der Waals surface area contributed by atoms with Gasteiger partial charge in [0.25, 0.3) is 8.32 Å². The summed E-state index contributed by atoms with van der Waals surface area (Å²) in [6, 6.07) is 21.3. The molecule has 0 aliphatic heterocycles.